The van der Waals surface area contributed by atoms with E-state index in [0.717, 1.165) is 22.1 Å². The maximum Gasteiger partial charge on any atom is 0.101 e. The van der Waals surface area contributed by atoms with Crippen molar-refractivity contribution in [2.24, 2.45) is 0 Å². The van der Waals surface area contributed by atoms with Crippen molar-refractivity contribution in [2.75, 3.05) is 0 Å². The molecule has 0 aliphatic carbocycles. The van der Waals surface area contributed by atoms with Gasteiger partial charge in [0.15, 0.2) is 0 Å². The molecule has 0 fully saturated rings. The summed E-state index contributed by atoms with van der Waals surface area (Å²) in [6.45, 7) is 2.13. The Bertz CT molecular complexity index is 246. The monoisotopic (exact) mass is 197 g/mol. The SMILES string of the molecule is CCCC(=S)Sc1ccccn1. The maximum absolute atomic E-state index is 5.16. The second-order valence-electron chi connectivity index (χ2n) is 2.39. The number of thioether (sulfide) groups is 1. The first-order valence-corrected chi connectivity index (χ1v) is 5.17. The van der Waals surface area contributed by atoms with Gasteiger partial charge in [0.25, 0.3) is 0 Å². The molecule has 0 spiro atoms. The van der Waals surface area contributed by atoms with Crippen LogP contribution in [-0.2, 0) is 0 Å². The minimum Gasteiger partial charge on any atom is -0.250 e. The Hall–Kier alpha value is -0.410. The molecule has 0 radical (unpaired) electrons. The molecular formula is C9H11NS2. The zero-order valence-electron chi connectivity index (χ0n) is 6.99. The first kappa shape index (κ1) is 9.68. The van der Waals surface area contributed by atoms with Crippen molar-refractivity contribution in [1.29, 1.82) is 0 Å². The Balaban J connectivity index is 2.47. The third-order valence-corrected chi connectivity index (χ3v) is 2.65. The van der Waals surface area contributed by atoms with E-state index < -0.39 is 0 Å². The predicted octanol–water partition coefficient (Wildman–Crippen LogP) is 3.30. The van der Waals surface area contributed by atoms with Gasteiger partial charge in [-0.3, -0.25) is 0 Å². The normalized spacial score (nSPS) is 9.75. The average Bonchev–Trinajstić information content (AvgIpc) is 2.06. The van der Waals surface area contributed by atoms with Crippen LogP contribution in [0, 0.1) is 0 Å². The smallest absolute Gasteiger partial charge is 0.101 e. The number of rotatable bonds is 3. The van der Waals surface area contributed by atoms with Gasteiger partial charge in [-0.05, 0) is 18.6 Å². The van der Waals surface area contributed by atoms with Crippen molar-refractivity contribution in [3.05, 3.63) is 24.4 Å². The van der Waals surface area contributed by atoms with Crippen molar-refractivity contribution in [3.63, 3.8) is 0 Å². The standard InChI is InChI=1S/C9H11NS2/c1-2-5-9(11)12-8-6-3-4-7-10-8/h3-4,6-7H,2,5H2,1H3. The lowest BCUT2D eigenvalue weighted by molar-refractivity contribution is 1.01. The molecule has 1 nitrogen and oxygen atoms in total. The van der Waals surface area contributed by atoms with E-state index in [0.29, 0.717) is 0 Å². The van der Waals surface area contributed by atoms with Gasteiger partial charge < -0.3 is 0 Å². The van der Waals surface area contributed by atoms with Gasteiger partial charge in [0.05, 0.1) is 4.20 Å². The van der Waals surface area contributed by atoms with Gasteiger partial charge in [-0.25, -0.2) is 4.98 Å². The summed E-state index contributed by atoms with van der Waals surface area (Å²) in [4.78, 5) is 4.18. The summed E-state index contributed by atoms with van der Waals surface area (Å²) in [5.41, 5.74) is 0. The summed E-state index contributed by atoms with van der Waals surface area (Å²) in [6, 6.07) is 5.86. The Labute approximate surface area is 82.6 Å². The molecule has 1 aromatic rings. The summed E-state index contributed by atoms with van der Waals surface area (Å²) in [7, 11) is 0. The zero-order valence-corrected chi connectivity index (χ0v) is 8.62. The molecule has 0 aromatic carbocycles. The minimum atomic E-state index is 0.996. The van der Waals surface area contributed by atoms with Gasteiger partial charge in [-0.1, -0.05) is 43.4 Å². The van der Waals surface area contributed by atoms with Gasteiger partial charge in [-0.2, -0.15) is 0 Å². The summed E-state index contributed by atoms with van der Waals surface area (Å²) < 4.78 is 1.02. The Kier molecular flexibility index (Phi) is 4.25. The fourth-order valence-electron chi connectivity index (χ4n) is 0.779. The zero-order chi connectivity index (χ0) is 8.81. The van der Waals surface area contributed by atoms with Crippen LogP contribution in [0.3, 0.4) is 0 Å². The van der Waals surface area contributed by atoms with Crippen molar-refractivity contribution >= 4 is 28.2 Å². The number of thiocarbonyl (C=S) groups is 1. The maximum atomic E-state index is 5.16. The fourth-order valence-corrected chi connectivity index (χ4v) is 2.04. The van der Waals surface area contributed by atoms with Crippen LogP contribution in [-0.4, -0.2) is 9.18 Å². The van der Waals surface area contributed by atoms with E-state index in [-0.39, 0.29) is 0 Å². The number of hydrogen-bond acceptors (Lipinski definition) is 3. The highest BCUT2D eigenvalue weighted by Crippen LogP contribution is 2.18. The second kappa shape index (κ2) is 5.27. The lowest BCUT2D eigenvalue weighted by atomic mass is 10.4. The van der Waals surface area contributed by atoms with Gasteiger partial charge >= 0.3 is 0 Å². The van der Waals surface area contributed by atoms with Crippen LogP contribution in [0.5, 0.6) is 0 Å². The summed E-state index contributed by atoms with van der Waals surface area (Å²) in [6.07, 6.45) is 3.89. The Morgan fingerprint density at radius 1 is 1.58 bits per heavy atom. The van der Waals surface area contributed by atoms with E-state index in [1.807, 2.05) is 18.2 Å². The van der Waals surface area contributed by atoms with Crippen LogP contribution in [0.2, 0.25) is 0 Å². The number of aromatic nitrogens is 1. The molecule has 0 amide bonds. The molecule has 0 atom stereocenters. The van der Waals surface area contributed by atoms with Crippen LogP contribution >= 0.6 is 24.0 Å². The molecule has 0 bridgehead atoms. The van der Waals surface area contributed by atoms with E-state index >= 15 is 0 Å². The molecule has 12 heavy (non-hydrogen) atoms. The molecule has 0 saturated carbocycles. The first-order valence-electron chi connectivity index (χ1n) is 3.94. The fraction of sp³-hybridized carbons (Fsp3) is 0.333. The van der Waals surface area contributed by atoms with E-state index in [9.17, 15) is 0 Å². The van der Waals surface area contributed by atoms with Crippen LogP contribution < -0.4 is 0 Å². The van der Waals surface area contributed by atoms with Crippen molar-refractivity contribution in [1.82, 2.24) is 4.98 Å². The van der Waals surface area contributed by atoms with Crippen LogP contribution in [0.25, 0.3) is 0 Å². The molecule has 0 unspecified atom stereocenters. The number of hydrogen-bond donors (Lipinski definition) is 0. The molecule has 0 aliphatic rings. The number of pyridine rings is 1. The summed E-state index contributed by atoms with van der Waals surface area (Å²) in [5, 5.41) is 0.996. The van der Waals surface area contributed by atoms with Crippen molar-refractivity contribution in [2.45, 2.75) is 24.8 Å². The van der Waals surface area contributed by atoms with E-state index in [1.54, 1.807) is 18.0 Å². The van der Waals surface area contributed by atoms with Crippen LogP contribution in [0.1, 0.15) is 19.8 Å². The van der Waals surface area contributed by atoms with Gasteiger partial charge in [0, 0.05) is 6.20 Å². The van der Waals surface area contributed by atoms with Crippen molar-refractivity contribution < 1.29 is 0 Å². The van der Waals surface area contributed by atoms with Gasteiger partial charge in [0.1, 0.15) is 5.03 Å². The number of nitrogens with zero attached hydrogens (tertiary/aromatic N) is 1. The Morgan fingerprint density at radius 2 is 2.42 bits per heavy atom. The van der Waals surface area contributed by atoms with Gasteiger partial charge in [0.2, 0.25) is 0 Å². The molecular weight excluding hydrogens is 186 g/mol. The molecule has 0 N–H and O–H groups in total. The first-order chi connectivity index (χ1) is 5.83. The highest BCUT2D eigenvalue weighted by molar-refractivity contribution is 8.23. The predicted molar refractivity (Wildman–Crippen MR) is 57.6 cm³/mol. The summed E-state index contributed by atoms with van der Waals surface area (Å²) in [5.74, 6) is 0. The topological polar surface area (TPSA) is 12.9 Å². The Morgan fingerprint density at radius 3 is 3.00 bits per heavy atom. The highest BCUT2D eigenvalue weighted by Gasteiger charge is 1.98. The summed E-state index contributed by atoms with van der Waals surface area (Å²) >= 11 is 6.75. The molecule has 1 heterocycles. The molecule has 1 rings (SSSR count). The van der Waals surface area contributed by atoms with Crippen LogP contribution in [0.15, 0.2) is 29.4 Å². The molecule has 0 saturated heterocycles. The van der Waals surface area contributed by atoms with E-state index in [4.69, 9.17) is 12.2 Å². The van der Waals surface area contributed by atoms with E-state index in [2.05, 4.69) is 11.9 Å². The largest absolute Gasteiger partial charge is 0.250 e. The average molecular weight is 197 g/mol. The quantitative estimate of drug-likeness (QED) is 0.545. The second-order valence-corrected chi connectivity index (χ2v) is 4.26. The third-order valence-electron chi connectivity index (χ3n) is 1.31. The van der Waals surface area contributed by atoms with E-state index in [1.165, 1.54) is 0 Å². The highest BCUT2D eigenvalue weighted by atomic mass is 32.2. The molecule has 1 aromatic heterocycles. The molecule has 64 valence electrons. The van der Waals surface area contributed by atoms with Crippen LogP contribution in [0.4, 0.5) is 0 Å². The van der Waals surface area contributed by atoms with Crippen molar-refractivity contribution in [3.8, 4) is 0 Å². The lowest BCUT2D eigenvalue weighted by Crippen LogP contribution is -1.87. The van der Waals surface area contributed by atoms with Gasteiger partial charge in [-0.15, -0.1) is 0 Å². The molecule has 3 heteroatoms. The third kappa shape index (κ3) is 3.32. The molecule has 0 aliphatic heterocycles. The lowest BCUT2D eigenvalue weighted by Gasteiger charge is -1.99. The minimum absolute atomic E-state index is 0.996.